The fraction of sp³-hybridized carbons (Fsp3) is 0.333. The van der Waals surface area contributed by atoms with E-state index in [1.54, 1.807) is 30.6 Å². The van der Waals surface area contributed by atoms with Gasteiger partial charge in [0.2, 0.25) is 0 Å². The molecule has 24 heavy (non-hydrogen) atoms. The van der Waals surface area contributed by atoms with Gasteiger partial charge in [-0.05, 0) is 55.8 Å². The zero-order valence-corrected chi connectivity index (χ0v) is 14.1. The smallest absolute Gasteiger partial charge is 0.251 e. The average molecular weight is 348 g/mol. The van der Waals surface area contributed by atoms with E-state index in [0.717, 1.165) is 18.5 Å². The Morgan fingerprint density at radius 1 is 1.38 bits per heavy atom. The SMILES string of the molecule is CN1CC[C@H](CNC(=O)c2ccncc2)[C@@H]1c1ccc(Cl)c(F)c1. The van der Waals surface area contributed by atoms with E-state index in [9.17, 15) is 9.18 Å². The summed E-state index contributed by atoms with van der Waals surface area (Å²) in [6.45, 7) is 1.45. The van der Waals surface area contributed by atoms with E-state index >= 15 is 0 Å². The zero-order chi connectivity index (χ0) is 17.1. The van der Waals surface area contributed by atoms with Gasteiger partial charge in [-0.15, -0.1) is 0 Å². The second-order valence-corrected chi connectivity index (χ2v) is 6.50. The van der Waals surface area contributed by atoms with Crippen LogP contribution in [0.2, 0.25) is 5.02 Å². The number of pyridine rings is 1. The number of carbonyl (C=O) groups excluding carboxylic acids is 1. The lowest BCUT2D eigenvalue weighted by atomic mass is 9.93. The summed E-state index contributed by atoms with van der Waals surface area (Å²) in [5.74, 6) is -0.302. The molecule has 2 aromatic rings. The molecule has 6 heteroatoms. The third-order valence-corrected chi connectivity index (χ3v) is 4.83. The number of rotatable bonds is 4. The summed E-state index contributed by atoms with van der Waals surface area (Å²) in [5.41, 5.74) is 1.48. The molecule has 0 spiro atoms. The number of aromatic nitrogens is 1. The highest BCUT2D eigenvalue weighted by atomic mass is 35.5. The molecule has 2 heterocycles. The van der Waals surface area contributed by atoms with Crippen LogP contribution in [-0.4, -0.2) is 35.9 Å². The maximum Gasteiger partial charge on any atom is 0.251 e. The Balaban J connectivity index is 1.70. The van der Waals surface area contributed by atoms with Gasteiger partial charge < -0.3 is 5.32 Å². The first kappa shape index (κ1) is 16.9. The molecule has 1 amide bonds. The van der Waals surface area contributed by atoms with Gasteiger partial charge in [-0.3, -0.25) is 14.7 Å². The summed E-state index contributed by atoms with van der Waals surface area (Å²) in [6, 6.07) is 8.37. The van der Waals surface area contributed by atoms with Crippen molar-refractivity contribution in [2.45, 2.75) is 12.5 Å². The molecule has 1 saturated heterocycles. The summed E-state index contributed by atoms with van der Waals surface area (Å²) >= 11 is 5.78. The van der Waals surface area contributed by atoms with Crippen LogP contribution in [-0.2, 0) is 0 Å². The van der Waals surface area contributed by atoms with Crippen molar-refractivity contribution in [2.75, 3.05) is 20.1 Å². The quantitative estimate of drug-likeness (QED) is 0.923. The van der Waals surface area contributed by atoms with Crippen LogP contribution in [0.5, 0.6) is 0 Å². The van der Waals surface area contributed by atoms with Crippen molar-refractivity contribution in [2.24, 2.45) is 5.92 Å². The highest BCUT2D eigenvalue weighted by Crippen LogP contribution is 2.36. The first-order valence-corrected chi connectivity index (χ1v) is 8.27. The number of halogens is 2. The fourth-order valence-electron chi connectivity index (χ4n) is 3.29. The van der Waals surface area contributed by atoms with Crippen molar-refractivity contribution in [3.05, 3.63) is 64.7 Å². The van der Waals surface area contributed by atoms with Gasteiger partial charge >= 0.3 is 0 Å². The number of carbonyl (C=O) groups is 1. The molecule has 1 aromatic heterocycles. The maximum absolute atomic E-state index is 13.8. The maximum atomic E-state index is 13.8. The van der Waals surface area contributed by atoms with Crippen molar-refractivity contribution in [1.82, 2.24) is 15.2 Å². The van der Waals surface area contributed by atoms with E-state index in [0.29, 0.717) is 12.1 Å². The molecule has 0 radical (unpaired) electrons. The number of likely N-dealkylation sites (tertiary alicyclic amines) is 1. The third-order valence-electron chi connectivity index (χ3n) is 4.53. The Labute approximate surface area is 145 Å². The molecule has 0 bridgehead atoms. The van der Waals surface area contributed by atoms with Crippen molar-refractivity contribution in [3.8, 4) is 0 Å². The number of nitrogens with one attached hydrogen (secondary N) is 1. The molecule has 1 fully saturated rings. The number of amides is 1. The molecule has 0 unspecified atom stereocenters. The van der Waals surface area contributed by atoms with Gasteiger partial charge in [0.15, 0.2) is 0 Å². The number of hydrogen-bond donors (Lipinski definition) is 1. The lowest BCUT2D eigenvalue weighted by Crippen LogP contribution is -2.32. The summed E-state index contributed by atoms with van der Waals surface area (Å²) < 4.78 is 13.8. The van der Waals surface area contributed by atoms with E-state index in [1.165, 1.54) is 6.07 Å². The Bertz CT molecular complexity index is 725. The van der Waals surface area contributed by atoms with E-state index < -0.39 is 5.82 Å². The Kier molecular flexibility index (Phi) is 5.11. The highest BCUT2D eigenvalue weighted by molar-refractivity contribution is 6.30. The summed E-state index contributed by atoms with van der Waals surface area (Å²) in [5, 5.41) is 3.10. The van der Waals surface area contributed by atoms with Crippen LogP contribution < -0.4 is 5.32 Å². The van der Waals surface area contributed by atoms with Gasteiger partial charge in [-0.1, -0.05) is 17.7 Å². The van der Waals surface area contributed by atoms with Crippen LogP contribution in [0.25, 0.3) is 0 Å². The Morgan fingerprint density at radius 3 is 2.83 bits per heavy atom. The summed E-state index contributed by atoms with van der Waals surface area (Å²) in [7, 11) is 2.02. The number of nitrogens with zero attached hydrogens (tertiary/aromatic N) is 2. The van der Waals surface area contributed by atoms with Crippen LogP contribution in [0, 0.1) is 11.7 Å². The molecule has 2 atom stereocenters. The van der Waals surface area contributed by atoms with Crippen LogP contribution in [0.15, 0.2) is 42.7 Å². The third kappa shape index (κ3) is 3.57. The topological polar surface area (TPSA) is 45.2 Å². The van der Waals surface area contributed by atoms with Crippen molar-refractivity contribution >= 4 is 17.5 Å². The van der Waals surface area contributed by atoms with Gasteiger partial charge in [-0.2, -0.15) is 0 Å². The standard InChI is InChI=1S/C18H19ClFN3O/c1-23-9-6-14(11-22-18(24)12-4-7-21-8-5-12)17(23)13-2-3-15(19)16(20)10-13/h2-5,7-8,10,14,17H,6,9,11H2,1H3,(H,22,24)/t14-,17+/m1/s1. The van der Waals surface area contributed by atoms with Gasteiger partial charge in [-0.25, -0.2) is 4.39 Å². The number of benzene rings is 1. The molecular weight excluding hydrogens is 329 g/mol. The molecule has 1 N–H and O–H groups in total. The van der Waals surface area contributed by atoms with Crippen LogP contribution in [0.3, 0.4) is 0 Å². The van der Waals surface area contributed by atoms with Crippen molar-refractivity contribution < 1.29 is 9.18 Å². The molecule has 4 nitrogen and oxygen atoms in total. The van der Waals surface area contributed by atoms with Crippen molar-refractivity contribution in [1.29, 1.82) is 0 Å². The molecule has 1 aliphatic rings. The van der Waals surface area contributed by atoms with Crippen LogP contribution in [0.4, 0.5) is 4.39 Å². The first-order valence-electron chi connectivity index (χ1n) is 7.89. The lowest BCUT2D eigenvalue weighted by molar-refractivity contribution is 0.0943. The summed E-state index contributed by atoms with van der Waals surface area (Å²) in [4.78, 5) is 18.3. The molecule has 1 aromatic carbocycles. The van der Waals surface area contributed by atoms with Crippen LogP contribution >= 0.6 is 11.6 Å². The second kappa shape index (κ2) is 7.28. The van der Waals surface area contributed by atoms with Gasteiger partial charge in [0.1, 0.15) is 5.82 Å². The molecule has 126 valence electrons. The molecule has 1 aliphatic heterocycles. The van der Waals surface area contributed by atoms with Gasteiger partial charge in [0, 0.05) is 30.5 Å². The average Bonchev–Trinajstić information content (AvgIpc) is 2.96. The van der Waals surface area contributed by atoms with E-state index in [-0.39, 0.29) is 22.9 Å². The van der Waals surface area contributed by atoms with Gasteiger partial charge in [0.05, 0.1) is 5.02 Å². The van der Waals surface area contributed by atoms with Crippen LogP contribution in [0.1, 0.15) is 28.4 Å². The molecule has 3 rings (SSSR count). The number of hydrogen-bond acceptors (Lipinski definition) is 3. The molecule has 0 saturated carbocycles. The first-order chi connectivity index (χ1) is 11.6. The minimum absolute atomic E-state index is 0.0644. The fourth-order valence-corrected chi connectivity index (χ4v) is 3.41. The predicted octanol–water partition coefficient (Wildman–Crippen LogP) is 3.30. The van der Waals surface area contributed by atoms with Gasteiger partial charge in [0.25, 0.3) is 5.91 Å². The monoisotopic (exact) mass is 347 g/mol. The van der Waals surface area contributed by atoms with E-state index in [4.69, 9.17) is 11.6 Å². The largest absolute Gasteiger partial charge is 0.352 e. The zero-order valence-electron chi connectivity index (χ0n) is 13.4. The second-order valence-electron chi connectivity index (χ2n) is 6.09. The highest BCUT2D eigenvalue weighted by Gasteiger charge is 2.33. The molecule has 0 aliphatic carbocycles. The normalized spacial score (nSPS) is 21.0. The van der Waals surface area contributed by atoms with E-state index in [2.05, 4.69) is 15.2 Å². The molecular formula is C18H19ClFN3O. The summed E-state index contributed by atoms with van der Waals surface area (Å²) in [6.07, 6.45) is 4.14. The minimum Gasteiger partial charge on any atom is -0.352 e. The Morgan fingerprint density at radius 2 is 2.12 bits per heavy atom. The van der Waals surface area contributed by atoms with Crippen molar-refractivity contribution in [3.63, 3.8) is 0 Å². The van der Waals surface area contributed by atoms with E-state index in [1.807, 2.05) is 13.1 Å². The Hall–Kier alpha value is -1.98. The minimum atomic E-state index is -0.408. The lowest BCUT2D eigenvalue weighted by Gasteiger charge is -2.26. The predicted molar refractivity (Wildman–Crippen MR) is 91.5 cm³/mol.